The summed E-state index contributed by atoms with van der Waals surface area (Å²) in [7, 11) is 3.12. The molecule has 1 aliphatic heterocycles. The third-order valence-electron chi connectivity index (χ3n) is 4.02. The van der Waals surface area contributed by atoms with Crippen LogP contribution >= 0.6 is 0 Å². The molecule has 1 fully saturated rings. The number of rotatable bonds is 6. The van der Waals surface area contributed by atoms with Crippen molar-refractivity contribution in [2.45, 2.75) is 19.4 Å². The van der Waals surface area contributed by atoms with Crippen molar-refractivity contribution < 1.29 is 19.4 Å². The summed E-state index contributed by atoms with van der Waals surface area (Å²) < 4.78 is 5.07. The van der Waals surface area contributed by atoms with E-state index in [1.54, 1.807) is 19.2 Å². The van der Waals surface area contributed by atoms with Crippen LogP contribution in [0.2, 0.25) is 0 Å². The first kappa shape index (κ1) is 16.3. The highest BCUT2D eigenvalue weighted by Crippen LogP contribution is 2.24. The predicted octanol–water partition coefficient (Wildman–Crippen LogP) is 1.35. The van der Waals surface area contributed by atoms with E-state index in [2.05, 4.69) is 10.2 Å². The zero-order valence-electron chi connectivity index (χ0n) is 13.0. The van der Waals surface area contributed by atoms with Crippen molar-refractivity contribution in [1.82, 2.24) is 10.2 Å². The van der Waals surface area contributed by atoms with Crippen molar-refractivity contribution in [1.29, 1.82) is 0 Å². The Balaban J connectivity index is 1.98. The van der Waals surface area contributed by atoms with Gasteiger partial charge in [-0.1, -0.05) is 6.07 Å². The maximum absolute atomic E-state index is 11.4. The van der Waals surface area contributed by atoms with Crippen LogP contribution in [0.5, 0.6) is 5.75 Å². The van der Waals surface area contributed by atoms with Gasteiger partial charge in [0.2, 0.25) is 5.91 Å². The van der Waals surface area contributed by atoms with E-state index in [0.29, 0.717) is 24.6 Å². The van der Waals surface area contributed by atoms with Crippen LogP contribution in [0.25, 0.3) is 0 Å². The Hall–Kier alpha value is -2.08. The molecular formula is C16H22N2O4. The average Bonchev–Trinajstić information content (AvgIpc) is 2.93. The van der Waals surface area contributed by atoms with Crippen LogP contribution in [-0.4, -0.2) is 49.1 Å². The van der Waals surface area contributed by atoms with Crippen molar-refractivity contribution in [3.05, 3.63) is 29.3 Å². The minimum Gasteiger partial charge on any atom is -0.496 e. The fourth-order valence-corrected chi connectivity index (χ4v) is 2.87. The second-order valence-electron chi connectivity index (χ2n) is 5.61. The van der Waals surface area contributed by atoms with Gasteiger partial charge >= 0.3 is 5.97 Å². The zero-order chi connectivity index (χ0) is 16.1. The minimum atomic E-state index is -0.988. The summed E-state index contributed by atoms with van der Waals surface area (Å²) in [6, 6.07) is 5.24. The zero-order valence-corrected chi connectivity index (χ0v) is 13.0. The Morgan fingerprint density at radius 1 is 1.45 bits per heavy atom. The quantitative estimate of drug-likeness (QED) is 0.829. The summed E-state index contributed by atoms with van der Waals surface area (Å²) in [5.74, 6) is -0.172. The van der Waals surface area contributed by atoms with Gasteiger partial charge in [-0.2, -0.15) is 0 Å². The summed E-state index contributed by atoms with van der Waals surface area (Å²) >= 11 is 0. The fraction of sp³-hybridized carbons (Fsp3) is 0.500. The molecule has 1 saturated heterocycles. The molecule has 6 nitrogen and oxygen atoms in total. The van der Waals surface area contributed by atoms with Gasteiger partial charge < -0.3 is 15.2 Å². The van der Waals surface area contributed by atoms with E-state index in [-0.39, 0.29) is 11.5 Å². The summed E-state index contributed by atoms with van der Waals surface area (Å²) in [4.78, 5) is 24.9. The normalized spacial score (nSPS) is 18.2. The van der Waals surface area contributed by atoms with Crippen molar-refractivity contribution in [3.63, 3.8) is 0 Å². The first-order valence-electron chi connectivity index (χ1n) is 7.36. The van der Waals surface area contributed by atoms with Gasteiger partial charge in [-0.05, 0) is 36.6 Å². The lowest BCUT2D eigenvalue weighted by atomic mass is 10.0. The monoisotopic (exact) mass is 306 g/mol. The molecule has 0 saturated carbocycles. The van der Waals surface area contributed by atoms with Crippen LogP contribution in [0.3, 0.4) is 0 Å². The van der Waals surface area contributed by atoms with E-state index in [1.165, 1.54) is 7.11 Å². The molecule has 6 heteroatoms. The number of carbonyl (C=O) groups excluding carboxylic acids is 1. The SMILES string of the molecule is CNC(=O)C[C@@H]1CCN(Cc2ccc(OC)c(C(=O)O)c2)C1. The molecule has 0 radical (unpaired) electrons. The van der Waals surface area contributed by atoms with Gasteiger partial charge in [-0.15, -0.1) is 0 Å². The lowest BCUT2D eigenvalue weighted by Crippen LogP contribution is -2.24. The Labute approximate surface area is 130 Å². The molecule has 0 aliphatic carbocycles. The Morgan fingerprint density at radius 3 is 2.86 bits per heavy atom. The topological polar surface area (TPSA) is 78.9 Å². The van der Waals surface area contributed by atoms with E-state index in [1.807, 2.05) is 6.07 Å². The number of carbonyl (C=O) groups is 2. The number of benzene rings is 1. The van der Waals surface area contributed by atoms with Crippen molar-refractivity contribution >= 4 is 11.9 Å². The van der Waals surface area contributed by atoms with Gasteiger partial charge in [0.15, 0.2) is 0 Å². The van der Waals surface area contributed by atoms with Gasteiger partial charge in [0.05, 0.1) is 7.11 Å². The molecule has 1 aromatic rings. The van der Waals surface area contributed by atoms with Crippen molar-refractivity contribution in [3.8, 4) is 5.75 Å². The number of carboxylic acid groups (broad SMARTS) is 1. The third-order valence-corrected chi connectivity index (χ3v) is 4.02. The van der Waals surface area contributed by atoms with E-state index < -0.39 is 5.97 Å². The third kappa shape index (κ3) is 3.98. The highest BCUT2D eigenvalue weighted by molar-refractivity contribution is 5.91. The van der Waals surface area contributed by atoms with E-state index in [9.17, 15) is 14.7 Å². The number of aromatic carboxylic acids is 1. The number of nitrogens with zero attached hydrogens (tertiary/aromatic N) is 1. The van der Waals surface area contributed by atoms with Gasteiger partial charge in [0.1, 0.15) is 11.3 Å². The molecule has 0 unspecified atom stereocenters. The summed E-state index contributed by atoms with van der Waals surface area (Å²) in [5.41, 5.74) is 1.12. The predicted molar refractivity (Wildman–Crippen MR) is 82.0 cm³/mol. The number of hydrogen-bond acceptors (Lipinski definition) is 4. The van der Waals surface area contributed by atoms with Gasteiger partial charge in [-0.25, -0.2) is 4.79 Å². The molecule has 0 bridgehead atoms. The lowest BCUT2D eigenvalue weighted by molar-refractivity contribution is -0.121. The standard InChI is InChI=1S/C16H22N2O4/c1-17-15(19)8-12-5-6-18(10-12)9-11-3-4-14(22-2)13(7-11)16(20)21/h3-4,7,12H,5-6,8-10H2,1-2H3,(H,17,19)(H,20,21)/t12-/m0/s1. The maximum Gasteiger partial charge on any atom is 0.339 e. The second-order valence-corrected chi connectivity index (χ2v) is 5.61. The lowest BCUT2D eigenvalue weighted by Gasteiger charge is -2.17. The smallest absolute Gasteiger partial charge is 0.339 e. The highest BCUT2D eigenvalue weighted by atomic mass is 16.5. The first-order chi connectivity index (χ1) is 10.5. The number of amides is 1. The van der Waals surface area contributed by atoms with E-state index in [0.717, 1.165) is 25.1 Å². The van der Waals surface area contributed by atoms with Crippen LogP contribution in [0, 0.1) is 5.92 Å². The number of likely N-dealkylation sites (tertiary alicyclic amines) is 1. The van der Waals surface area contributed by atoms with Gasteiger partial charge in [0, 0.05) is 26.6 Å². The Morgan fingerprint density at radius 2 is 2.23 bits per heavy atom. The molecule has 0 spiro atoms. The van der Waals surface area contributed by atoms with Crippen molar-refractivity contribution in [2.24, 2.45) is 5.92 Å². The minimum absolute atomic E-state index is 0.0736. The summed E-state index contributed by atoms with van der Waals surface area (Å²) in [6.45, 7) is 2.48. The maximum atomic E-state index is 11.4. The molecule has 1 aromatic carbocycles. The number of ether oxygens (including phenoxy) is 1. The summed E-state index contributed by atoms with van der Waals surface area (Å²) in [6.07, 6.45) is 1.55. The van der Waals surface area contributed by atoms with E-state index >= 15 is 0 Å². The second kappa shape index (κ2) is 7.26. The van der Waals surface area contributed by atoms with Crippen LogP contribution in [0.15, 0.2) is 18.2 Å². The average molecular weight is 306 g/mol. The first-order valence-corrected chi connectivity index (χ1v) is 7.36. The van der Waals surface area contributed by atoms with E-state index in [4.69, 9.17) is 4.74 Å². The molecular weight excluding hydrogens is 284 g/mol. The molecule has 0 aromatic heterocycles. The number of nitrogens with one attached hydrogen (secondary N) is 1. The Kier molecular flexibility index (Phi) is 5.38. The largest absolute Gasteiger partial charge is 0.496 e. The molecule has 1 heterocycles. The number of hydrogen-bond donors (Lipinski definition) is 2. The number of methoxy groups -OCH3 is 1. The molecule has 1 amide bonds. The highest BCUT2D eigenvalue weighted by Gasteiger charge is 2.24. The fourth-order valence-electron chi connectivity index (χ4n) is 2.87. The summed E-state index contributed by atoms with van der Waals surface area (Å²) in [5, 5.41) is 11.9. The molecule has 2 rings (SSSR count). The number of carboxylic acids is 1. The van der Waals surface area contributed by atoms with Crippen LogP contribution in [-0.2, 0) is 11.3 Å². The van der Waals surface area contributed by atoms with Crippen molar-refractivity contribution in [2.75, 3.05) is 27.2 Å². The van der Waals surface area contributed by atoms with Gasteiger partial charge in [0.25, 0.3) is 0 Å². The molecule has 1 aliphatic rings. The Bertz CT molecular complexity index is 559. The molecule has 1 atom stereocenters. The van der Waals surface area contributed by atoms with Crippen LogP contribution in [0.4, 0.5) is 0 Å². The molecule has 22 heavy (non-hydrogen) atoms. The molecule has 2 N–H and O–H groups in total. The molecule has 120 valence electrons. The van der Waals surface area contributed by atoms with Gasteiger partial charge in [-0.3, -0.25) is 9.69 Å². The van der Waals surface area contributed by atoms with Crippen LogP contribution < -0.4 is 10.1 Å². The van der Waals surface area contributed by atoms with Crippen LogP contribution in [0.1, 0.15) is 28.8 Å².